The minimum atomic E-state index is -2.15. The van der Waals surface area contributed by atoms with Gasteiger partial charge in [-0.15, -0.1) is 0 Å². The number of benzene rings is 2. The average Bonchev–Trinajstić information content (AvgIpc) is 3.16. The van der Waals surface area contributed by atoms with Crippen molar-refractivity contribution >= 4 is 20.1 Å². The van der Waals surface area contributed by atoms with E-state index in [-0.39, 0.29) is 23.2 Å². The molecule has 3 rings (SSSR count). The van der Waals surface area contributed by atoms with E-state index in [0.717, 1.165) is 24.2 Å². The van der Waals surface area contributed by atoms with Crippen LogP contribution in [0.15, 0.2) is 54.6 Å². The molecule has 1 amide bonds. The molecule has 0 aromatic heterocycles. The number of amides is 1. The number of carboxylic acid groups (broad SMARTS) is 1. The number of nitrogens with zero attached hydrogens (tertiary/aromatic N) is 1. The highest BCUT2D eigenvalue weighted by Crippen LogP contribution is 2.39. The molecule has 2 aromatic carbocycles. The maximum absolute atomic E-state index is 12.4. The molecule has 1 saturated heterocycles. The van der Waals surface area contributed by atoms with E-state index < -0.39 is 14.4 Å². The quantitative estimate of drug-likeness (QED) is 0.377. The highest BCUT2D eigenvalue weighted by Gasteiger charge is 2.46. The van der Waals surface area contributed by atoms with E-state index in [1.165, 1.54) is 0 Å². The van der Waals surface area contributed by atoms with Crippen LogP contribution in [0.2, 0.25) is 18.1 Å². The number of para-hydroxylation sites is 1. The standard InChI is InChI=1S/C26H38N2O4Si/c1-26(2,3)33(4,5)32-24(18-31-22-9-7-6-8-10-22)23-16-15-21(28(23)25(29)30)17-19-11-13-20(27)14-12-19/h6-14,21,23-24H,15-18,27H2,1-5H3,(H,29,30)/t21-,23-,24-/m1/s1. The van der Waals surface area contributed by atoms with Crippen molar-refractivity contribution in [1.29, 1.82) is 0 Å². The van der Waals surface area contributed by atoms with Gasteiger partial charge >= 0.3 is 6.09 Å². The van der Waals surface area contributed by atoms with E-state index in [4.69, 9.17) is 14.9 Å². The first kappa shape index (κ1) is 25.1. The van der Waals surface area contributed by atoms with E-state index in [2.05, 4.69) is 33.9 Å². The third kappa shape index (κ3) is 6.30. The van der Waals surface area contributed by atoms with Crippen molar-refractivity contribution in [3.05, 3.63) is 60.2 Å². The monoisotopic (exact) mass is 470 g/mol. The predicted molar refractivity (Wildman–Crippen MR) is 135 cm³/mol. The minimum Gasteiger partial charge on any atom is -0.491 e. The van der Waals surface area contributed by atoms with Gasteiger partial charge in [0, 0.05) is 11.7 Å². The van der Waals surface area contributed by atoms with Gasteiger partial charge in [0.2, 0.25) is 0 Å². The summed E-state index contributed by atoms with van der Waals surface area (Å²) in [5.41, 5.74) is 7.61. The van der Waals surface area contributed by atoms with Crippen molar-refractivity contribution in [2.75, 3.05) is 12.3 Å². The smallest absolute Gasteiger partial charge is 0.407 e. The molecule has 0 spiro atoms. The fourth-order valence-corrected chi connectivity index (χ4v) is 5.51. The molecule has 3 atom stereocenters. The Bertz CT molecular complexity index is 912. The molecular formula is C26H38N2O4Si. The van der Waals surface area contributed by atoms with Gasteiger partial charge in [-0.2, -0.15) is 0 Å². The van der Waals surface area contributed by atoms with Gasteiger partial charge in [-0.25, -0.2) is 4.79 Å². The Labute approximate surface area is 198 Å². The molecule has 6 nitrogen and oxygen atoms in total. The Morgan fingerprint density at radius 2 is 1.76 bits per heavy atom. The molecule has 33 heavy (non-hydrogen) atoms. The summed E-state index contributed by atoms with van der Waals surface area (Å²) < 4.78 is 12.9. The number of carbonyl (C=O) groups is 1. The normalized spacial score (nSPS) is 20.0. The largest absolute Gasteiger partial charge is 0.491 e. The van der Waals surface area contributed by atoms with Crippen molar-refractivity contribution in [1.82, 2.24) is 4.90 Å². The van der Waals surface area contributed by atoms with Crippen molar-refractivity contribution in [2.45, 2.75) is 76.4 Å². The van der Waals surface area contributed by atoms with Crippen LogP contribution in [0.1, 0.15) is 39.2 Å². The molecule has 7 heteroatoms. The third-order valence-electron chi connectivity index (χ3n) is 7.06. The summed E-state index contributed by atoms with van der Waals surface area (Å²) in [6.07, 6.45) is 0.975. The number of ether oxygens (including phenoxy) is 1. The zero-order valence-corrected chi connectivity index (χ0v) is 21.5. The van der Waals surface area contributed by atoms with Gasteiger partial charge in [-0.3, -0.25) is 4.90 Å². The fraction of sp³-hybridized carbons (Fsp3) is 0.500. The molecule has 0 radical (unpaired) electrons. The van der Waals surface area contributed by atoms with E-state index in [9.17, 15) is 9.90 Å². The summed E-state index contributed by atoms with van der Waals surface area (Å²) in [5.74, 6) is 0.764. The summed E-state index contributed by atoms with van der Waals surface area (Å²) in [6.45, 7) is 11.3. The Kier molecular flexibility index (Phi) is 7.75. The van der Waals surface area contributed by atoms with E-state index in [1.807, 2.05) is 54.6 Å². The molecule has 1 fully saturated rings. The summed E-state index contributed by atoms with van der Waals surface area (Å²) in [7, 11) is -2.15. The lowest BCUT2D eigenvalue weighted by Gasteiger charge is -2.42. The van der Waals surface area contributed by atoms with E-state index in [0.29, 0.717) is 18.7 Å². The number of nitrogens with two attached hydrogens (primary N) is 1. The summed E-state index contributed by atoms with van der Waals surface area (Å²) in [4.78, 5) is 14.0. The average molecular weight is 471 g/mol. The number of likely N-dealkylation sites (tertiary alicyclic amines) is 1. The second kappa shape index (κ2) is 10.2. The molecule has 0 saturated carbocycles. The van der Waals surface area contributed by atoms with Crippen LogP contribution in [-0.4, -0.2) is 49.2 Å². The number of anilines is 1. The molecule has 1 aliphatic heterocycles. The molecule has 1 heterocycles. The van der Waals surface area contributed by atoms with E-state index >= 15 is 0 Å². The van der Waals surface area contributed by atoms with Crippen LogP contribution < -0.4 is 10.5 Å². The van der Waals surface area contributed by atoms with Crippen molar-refractivity contribution < 1.29 is 19.1 Å². The molecule has 0 bridgehead atoms. The van der Waals surface area contributed by atoms with Gasteiger partial charge in [0.05, 0.1) is 12.1 Å². The van der Waals surface area contributed by atoms with Crippen LogP contribution in [0.5, 0.6) is 5.75 Å². The SMILES string of the molecule is CC(C)(C)[Si](C)(C)O[C@H](COc1ccccc1)[C@H]1CC[C@H](Cc2ccc(N)cc2)N1C(=O)O. The lowest BCUT2D eigenvalue weighted by Crippen LogP contribution is -2.54. The van der Waals surface area contributed by atoms with Gasteiger partial charge in [-0.1, -0.05) is 51.1 Å². The minimum absolute atomic E-state index is 0.00796. The zero-order chi connectivity index (χ0) is 24.2. The Morgan fingerprint density at radius 1 is 1.12 bits per heavy atom. The number of rotatable bonds is 8. The lowest BCUT2D eigenvalue weighted by molar-refractivity contribution is 0.0341. The third-order valence-corrected chi connectivity index (χ3v) is 11.6. The summed E-state index contributed by atoms with van der Waals surface area (Å²) in [5, 5.41) is 10.2. The molecule has 2 aromatic rings. The topological polar surface area (TPSA) is 85.0 Å². The maximum Gasteiger partial charge on any atom is 0.407 e. The molecule has 3 N–H and O–H groups in total. The molecule has 0 unspecified atom stereocenters. The van der Waals surface area contributed by atoms with Crippen LogP contribution in [0.3, 0.4) is 0 Å². The Hall–Kier alpha value is -2.51. The van der Waals surface area contributed by atoms with Crippen molar-refractivity contribution in [2.24, 2.45) is 0 Å². The Balaban J connectivity index is 1.83. The molecule has 180 valence electrons. The molecular weight excluding hydrogens is 432 g/mol. The number of hydrogen-bond donors (Lipinski definition) is 2. The zero-order valence-electron chi connectivity index (χ0n) is 20.5. The first-order chi connectivity index (χ1) is 15.5. The molecule has 0 aliphatic carbocycles. The maximum atomic E-state index is 12.4. The van der Waals surface area contributed by atoms with Gasteiger partial charge in [-0.05, 0) is 67.2 Å². The van der Waals surface area contributed by atoms with Crippen LogP contribution in [0, 0.1) is 0 Å². The second-order valence-electron chi connectivity index (χ2n) is 10.5. The Morgan fingerprint density at radius 3 is 2.33 bits per heavy atom. The van der Waals surface area contributed by atoms with E-state index in [1.54, 1.807) is 4.90 Å². The van der Waals surface area contributed by atoms with Crippen molar-refractivity contribution in [3.8, 4) is 5.75 Å². The first-order valence-electron chi connectivity index (χ1n) is 11.7. The van der Waals surface area contributed by atoms with Crippen LogP contribution in [0.4, 0.5) is 10.5 Å². The first-order valence-corrected chi connectivity index (χ1v) is 14.6. The predicted octanol–water partition coefficient (Wildman–Crippen LogP) is 5.79. The fourth-order valence-electron chi connectivity index (χ4n) is 4.18. The van der Waals surface area contributed by atoms with Crippen LogP contribution >= 0.6 is 0 Å². The summed E-state index contributed by atoms with van der Waals surface area (Å²) >= 11 is 0. The van der Waals surface area contributed by atoms with Crippen LogP contribution in [-0.2, 0) is 10.8 Å². The highest BCUT2D eigenvalue weighted by molar-refractivity contribution is 6.74. The highest BCUT2D eigenvalue weighted by atomic mass is 28.4. The second-order valence-corrected chi connectivity index (χ2v) is 15.2. The lowest BCUT2D eigenvalue weighted by atomic mass is 10.0. The number of nitrogen functional groups attached to an aromatic ring is 1. The van der Waals surface area contributed by atoms with Gasteiger partial charge in [0.15, 0.2) is 8.32 Å². The molecule has 1 aliphatic rings. The van der Waals surface area contributed by atoms with Crippen LogP contribution in [0.25, 0.3) is 0 Å². The van der Waals surface area contributed by atoms with Gasteiger partial charge in [0.1, 0.15) is 12.4 Å². The van der Waals surface area contributed by atoms with Crippen molar-refractivity contribution in [3.63, 3.8) is 0 Å². The van der Waals surface area contributed by atoms with Gasteiger partial charge < -0.3 is 20.0 Å². The summed E-state index contributed by atoms with van der Waals surface area (Å²) in [6, 6.07) is 17.0. The van der Waals surface area contributed by atoms with Gasteiger partial charge in [0.25, 0.3) is 0 Å². The number of hydrogen-bond acceptors (Lipinski definition) is 4.